The van der Waals surface area contributed by atoms with Gasteiger partial charge in [-0.3, -0.25) is 0 Å². The number of aromatic nitrogens is 2. The first-order valence-corrected chi connectivity index (χ1v) is 7.51. The molecule has 0 radical (unpaired) electrons. The van der Waals surface area contributed by atoms with Crippen molar-refractivity contribution >= 4 is 0 Å². The van der Waals surface area contributed by atoms with E-state index in [1.165, 1.54) is 24.1 Å². The summed E-state index contributed by atoms with van der Waals surface area (Å²) in [7, 11) is 0. The summed E-state index contributed by atoms with van der Waals surface area (Å²) in [5.74, 6) is 1.81. The summed E-state index contributed by atoms with van der Waals surface area (Å²) in [6.07, 6.45) is 4.37. The smallest absolute Gasteiger partial charge is 0.116 e. The molecule has 3 rings (SSSR count). The van der Waals surface area contributed by atoms with Crippen LogP contribution in [0.15, 0.2) is 36.5 Å². The Labute approximate surface area is 120 Å². The summed E-state index contributed by atoms with van der Waals surface area (Å²) in [4.78, 5) is 8.14. The summed E-state index contributed by atoms with van der Waals surface area (Å²) in [6.45, 7) is 6.36. The molecular formula is C17H23N3. The highest BCUT2D eigenvalue weighted by Gasteiger charge is 2.48. The van der Waals surface area contributed by atoms with E-state index in [0.29, 0.717) is 5.92 Å². The second kappa shape index (κ2) is 5.41. The van der Waals surface area contributed by atoms with Crippen LogP contribution in [-0.4, -0.2) is 16.5 Å². The zero-order valence-corrected chi connectivity index (χ0v) is 12.3. The van der Waals surface area contributed by atoms with Gasteiger partial charge >= 0.3 is 0 Å². The van der Waals surface area contributed by atoms with E-state index in [9.17, 15) is 0 Å². The van der Waals surface area contributed by atoms with Gasteiger partial charge in [0, 0.05) is 18.4 Å². The van der Waals surface area contributed by atoms with Gasteiger partial charge in [0.05, 0.1) is 5.41 Å². The summed E-state index contributed by atoms with van der Waals surface area (Å²) >= 11 is 0. The SMILES string of the molecule is CC(C)CNCc1cnc(C2(c3ccccc3)CC2)[nH]1. The Morgan fingerprint density at radius 1 is 1.25 bits per heavy atom. The molecule has 0 saturated heterocycles. The van der Waals surface area contributed by atoms with E-state index in [-0.39, 0.29) is 5.41 Å². The van der Waals surface area contributed by atoms with E-state index in [0.717, 1.165) is 18.9 Å². The lowest BCUT2D eigenvalue weighted by Gasteiger charge is -2.12. The van der Waals surface area contributed by atoms with Crippen molar-refractivity contribution in [1.29, 1.82) is 0 Å². The molecule has 1 saturated carbocycles. The number of nitrogens with one attached hydrogen (secondary N) is 2. The van der Waals surface area contributed by atoms with Crippen molar-refractivity contribution in [2.75, 3.05) is 6.54 Å². The third kappa shape index (κ3) is 2.63. The topological polar surface area (TPSA) is 40.7 Å². The molecule has 20 heavy (non-hydrogen) atoms. The predicted octanol–water partition coefficient (Wildman–Crippen LogP) is 3.24. The fourth-order valence-electron chi connectivity index (χ4n) is 2.73. The van der Waals surface area contributed by atoms with E-state index in [4.69, 9.17) is 0 Å². The molecule has 2 aromatic rings. The van der Waals surface area contributed by atoms with Crippen LogP contribution < -0.4 is 5.32 Å². The van der Waals surface area contributed by atoms with Crippen LogP contribution in [0.1, 0.15) is 43.8 Å². The van der Waals surface area contributed by atoms with Crippen molar-refractivity contribution in [3.05, 3.63) is 53.6 Å². The van der Waals surface area contributed by atoms with Gasteiger partial charge in [-0.1, -0.05) is 44.2 Å². The average Bonchev–Trinajstić information content (AvgIpc) is 3.13. The largest absolute Gasteiger partial charge is 0.344 e. The average molecular weight is 269 g/mol. The van der Waals surface area contributed by atoms with Gasteiger partial charge in [-0.15, -0.1) is 0 Å². The lowest BCUT2D eigenvalue weighted by Crippen LogP contribution is -2.19. The lowest BCUT2D eigenvalue weighted by molar-refractivity contribution is 0.548. The molecule has 106 valence electrons. The number of hydrogen-bond acceptors (Lipinski definition) is 2. The molecule has 3 nitrogen and oxygen atoms in total. The van der Waals surface area contributed by atoms with Crippen molar-refractivity contribution in [3.63, 3.8) is 0 Å². The van der Waals surface area contributed by atoms with Crippen LogP contribution in [0.3, 0.4) is 0 Å². The van der Waals surface area contributed by atoms with Crippen molar-refractivity contribution in [1.82, 2.24) is 15.3 Å². The van der Waals surface area contributed by atoms with E-state index in [2.05, 4.69) is 59.5 Å². The number of benzene rings is 1. The Morgan fingerprint density at radius 2 is 2.00 bits per heavy atom. The Balaban J connectivity index is 1.71. The van der Waals surface area contributed by atoms with E-state index < -0.39 is 0 Å². The minimum atomic E-state index is 0.150. The van der Waals surface area contributed by atoms with Crippen molar-refractivity contribution in [2.24, 2.45) is 5.92 Å². The number of imidazole rings is 1. The van der Waals surface area contributed by atoms with Crippen LogP contribution in [-0.2, 0) is 12.0 Å². The maximum absolute atomic E-state index is 4.63. The first-order valence-electron chi connectivity index (χ1n) is 7.51. The standard InChI is InChI=1S/C17H23N3/c1-13(2)10-18-11-15-12-19-16(20-15)17(8-9-17)14-6-4-3-5-7-14/h3-7,12-13,18H,8-11H2,1-2H3,(H,19,20). The first kappa shape index (κ1) is 13.4. The van der Waals surface area contributed by atoms with Crippen LogP contribution in [0.5, 0.6) is 0 Å². The monoisotopic (exact) mass is 269 g/mol. The minimum Gasteiger partial charge on any atom is -0.344 e. The van der Waals surface area contributed by atoms with Gasteiger partial charge in [-0.25, -0.2) is 4.98 Å². The third-order valence-electron chi connectivity index (χ3n) is 4.03. The highest BCUT2D eigenvalue weighted by atomic mass is 15.0. The van der Waals surface area contributed by atoms with Gasteiger partial charge in [0.2, 0.25) is 0 Å². The highest BCUT2D eigenvalue weighted by molar-refractivity contribution is 5.39. The second-order valence-corrected chi connectivity index (χ2v) is 6.23. The molecule has 0 bridgehead atoms. The van der Waals surface area contributed by atoms with Crippen molar-refractivity contribution < 1.29 is 0 Å². The quantitative estimate of drug-likeness (QED) is 0.845. The van der Waals surface area contributed by atoms with E-state index in [1.54, 1.807) is 0 Å². The van der Waals surface area contributed by atoms with Crippen molar-refractivity contribution in [3.8, 4) is 0 Å². The fourth-order valence-corrected chi connectivity index (χ4v) is 2.73. The van der Waals surface area contributed by atoms with E-state index in [1.807, 2.05) is 6.20 Å². The van der Waals surface area contributed by atoms with Crippen LogP contribution in [0.4, 0.5) is 0 Å². The Bertz CT molecular complexity index is 553. The first-order chi connectivity index (χ1) is 9.71. The summed E-state index contributed by atoms with van der Waals surface area (Å²) in [6, 6.07) is 10.7. The third-order valence-corrected chi connectivity index (χ3v) is 4.03. The molecule has 2 N–H and O–H groups in total. The van der Waals surface area contributed by atoms with Gasteiger partial charge in [-0.05, 0) is 30.9 Å². The number of hydrogen-bond donors (Lipinski definition) is 2. The number of H-pyrrole nitrogens is 1. The molecule has 0 spiro atoms. The number of nitrogens with zero attached hydrogens (tertiary/aromatic N) is 1. The molecule has 0 aliphatic heterocycles. The Kier molecular flexibility index (Phi) is 3.62. The maximum atomic E-state index is 4.63. The molecule has 3 heteroatoms. The molecule has 0 atom stereocenters. The van der Waals surface area contributed by atoms with E-state index >= 15 is 0 Å². The van der Waals surface area contributed by atoms with Gasteiger partial charge in [0.1, 0.15) is 5.82 Å². The molecule has 0 unspecified atom stereocenters. The lowest BCUT2D eigenvalue weighted by atomic mass is 9.95. The zero-order valence-electron chi connectivity index (χ0n) is 12.3. The summed E-state index contributed by atoms with van der Waals surface area (Å²) < 4.78 is 0. The normalized spacial score (nSPS) is 16.6. The summed E-state index contributed by atoms with van der Waals surface area (Å²) in [5, 5.41) is 3.45. The summed E-state index contributed by atoms with van der Waals surface area (Å²) in [5.41, 5.74) is 2.72. The molecule has 0 amide bonds. The minimum absolute atomic E-state index is 0.150. The van der Waals surface area contributed by atoms with Crippen LogP contribution in [0, 0.1) is 5.92 Å². The molecule has 1 aliphatic rings. The van der Waals surface area contributed by atoms with Gasteiger partial charge in [-0.2, -0.15) is 0 Å². The zero-order chi connectivity index (χ0) is 14.0. The van der Waals surface area contributed by atoms with Gasteiger partial charge in [0.25, 0.3) is 0 Å². The van der Waals surface area contributed by atoms with Crippen LogP contribution in [0.2, 0.25) is 0 Å². The molecule has 1 heterocycles. The molecule has 1 aliphatic carbocycles. The van der Waals surface area contributed by atoms with Gasteiger partial charge < -0.3 is 10.3 Å². The fraction of sp³-hybridized carbons (Fsp3) is 0.471. The second-order valence-electron chi connectivity index (χ2n) is 6.23. The highest BCUT2D eigenvalue weighted by Crippen LogP contribution is 2.52. The molecule has 1 aromatic heterocycles. The predicted molar refractivity (Wildman–Crippen MR) is 81.6 cm³/mol. The Morgan fingerprint density at radius 3 is 2.65 bits per heavy atom. The van der Waals surface area contributed by atoms with Crippen LogP contribution >= 0.6 is 0 Å². The number of aromatic amines is 1. The van der Waals surface area contributed by atoms with Gasteiger partial charge in [0.15, 0.2) is 0 Å². The van der Waals surface area contributed by atoms with Crippen LogP contribution in [0.25, 0.3) is 0 Å². The number of rotatable bonds is 6. The molecule has 1 aromatic carbocycles. The molecule has 1 fully saturated rings. The van der Waals surface area contributed by atoms with Crippen molar-refractivity contribution in [2.45, 2.75) is 38.6 Å². The maximum Gasteiger partial charge on any atom is 0.116 e. The molecular weight excluding hydrogens is 246 g/mol. The Hall–Kier alpha value is -1.61.